The molecule has 0 bridgehead atoms. The molecule has 86 valence electrons. The SMILES string of the molecule is C[C@@H]1CCN(c2ncc(C(=O)O)cc2Br)C1. The molecule has 1 aromatic rings. The zero-order chi connectivity index (χ0) is 11.7. The van der Waals surface area contributed by atoms with Crippen molar-refractivity contribution in [2.45, 2.75) is 13.3 Å². The van der Waals surface area contributed by atoms with Gasteiger partial charge >= 0.3 is 5.97 Å². The fourth-order valence-electron chi connectivity index (χ4n) is 1.91. The largest absolute Gasteiger partial charge is 0.478 e. The summed E-state index contributed by atoms with van der Waals surface area (Å²) in [6, 6.07) is 1.60. The van der Waals surface area contributed by atoms with Crippen LogP contribution in [0.25, 0.3) is 0 Å². The summed E-state index contributed by atoms with van der Waals surface area (Å²) in [6.45, 7) is 4.18. The fraction of sp³-hybridized carbons (Fsp3) is 0.455. The molecule has 2 rings (SSSR count). The topological polar surface area (TPSA) is 53.4 Å². The van der Waals surface area contributed by atoms with Crippen LogP contribution in [0.1, 0.15) is 23.7 Å². The molecule has 1 saturated heterocycles. The summed E-state index contributed by atoms with van der Waals surface area (Å²) >= 11 is 3.38. The molecule has 5 heteroatoms. The van der Waals surface area contributed by atoms with Gasteiger partial charge in [-0.25, -0.2) is 9.78 Å². The highest BCUT2D eigenvalue weighted by atomic mass is 79.9. The maximum absolute atomic E-state index is 10.8. The van der Waals surface area contributed by atoms with Gasteiger partial charge in [-0.2, -0.15) is 0 Å². The number of hydrogen-bond donors (Lipinski definition) is 1. The van der Waals surface area contributed by atoms with Gasteiger partial charge in [-0.3, -0.25) is 0 Å². The second kappa shape index (κ2) is 4.41. The molecule has 1 aromatic heterocycles. The van der Waals surface area contributed by atoms with E-state index in [-0.39, 0.29) is 5.56 Å². The maximum atomic E-state index is 10.8. The average molecular weight is 285 g/mol. The van der Waals surface area contributed by atoms with E-state index < -0.39 is 5.97 Å². The highest BCUT2D eigenvalue weighted by molar-refractivity contribution is 9.10. The van der Waals surface area contributed by atoms with Gasteiger partial charge in [0.1, 0.15) is 5.82 Å². The standard InChI is InChI=1S/C11H13BrN2O2/c1-7-2-3-14(6-7)10-9(12)4-8(5-13-10)11(15)16/h4-5,7H,2-3,6H2,1H3,(H,15,16)/t7-/m1/s1. The number of carbonyl (C=O) groups is 1. The summed E-state index contributed by atoms with van der Waals surface area (Å²) in [5.41, 5.74) is 0.211. The summed E-state index contributed by atoms with van der Waals surface area (Å²) in [4.78, 5) is 17.2. The minimum Gasteiger partial charge on any atom is -0.478 e. The van der Waals surface area contributed by atoms with Crippen molar-refractivity contribution in [1.82, 2.24) is 4.98 Å². The first-order valence-electron chi connectivity index (χ1n) is 5.21. The van der Waals surface area contributed by atoms with Gasteiger partial charge in [0, 0.05) is 19.3 Å². The number of hydrogen-bond acceptors (Lipinski definition) is 3. The van der Waals surface area contributed by atoms with Gasteiger partial charge < -0.3 is 10.0 Å². The number of anilines is 1. The van der Waals surface area contributed by atoms with Gasteiger partial charge in [-0.15, -0.1) is 0 Å². The molecule has 1 aliphatic rings. The summed E-state index contributed by atoms with van der Waals surface area (Å²) < 4.78 is 0.751. The van der Waals surface area contributed by atoms with Crippen LogP contribution in [0.4, 0.5) is 5.82 Å². The third-order valence-corrected chi connectivity index (χ3v) is 3.38. The molecule has 0 unspecified atom stereocenters. The van der Waals surface area contributed by atoms with Gasteiger partial charge in [0.15, 0.2) is 0 Å². The highest BCUT2D eigenvalue weighted by Crippen LogP contribution is 2.29. The van der Waals surface area contributed by atoms with E-state index >= 15 is 0 Å². The summed E-state index contributed by atoms with van der Waals surface area (Å²) in [5, 5.41) is 8.83. The van der Waals surface area contributed by atoms with Crippen LogP contribution in [0, 0.1) is 5.92 Å². The van der Waals surface area contributed by atoms with Crippen LogP contribution in [-0.4, -0.2) is 29.1 Å². The molecule has 0 radical (unpaired) electrons. The van der Waals surface area contributed by atoms with E-state index in [1.165, 1.54) is 6.20 Å². The van der Waals surface area contributed by atoms with Crippen LogP contribution in [0.15, 0.2) is 16.7 Å². The molecule has 1 atom stereocenters. The van der Waals surface area contributed by atoms with Crippen LogP contribution in [0.5, 0.6) is 0 Å². The zero-order valence-corrected chi connectivity index (χ0v) is 10.6. The van der Waals surface area contributed by atoms with Gasteiger partial charge in [0.25, 0.3) is 0 Å². The third-order valence-electron chi connectivity index (χ3n) is 2.79. The van der Waals surface area contributed by atoms with E-state index in [2.05, 4.69) is 32.7 Å². The molecule has 0 saturated carbocycles. The van der Waals surface area contributed by atoms with Crippen molar-refractivity contribution in [1.29, 1.82) is 0 Å². The Labute approximate surface area is 102 Å². The Kier molecular flexibility index (Phi) is 3.14. The summed E-state index contributed by atoms with van der Waals surface area (Å²) in [5.74, 6) is 0.566. The van der Waals surface area contributed by atoms with E-state index in [9.17, 15) is 4.79 Å². The van der Waals surface area contributed by atoms with Gasteiger partial charge in [0.05, 0.1) is 10.0 Å². The Balaban J connectivity index is 2.26. The molecule has 1 fully saturated rings. The van der Waals surface area contributed by atoms with E-state index in [1.54, 1.807) is 6.07 Å². The number of nitrogens with zero attached hydrogens (tertiary/aromatic N) is 2. The lowest BCUT2D eigenvalue weighted by Crippen LogP contribution is -2.21. The van der Waals surface area contributed by atoms with Crippen molar-refractivity contribution < 1.29 is 9.90 Å². The number of carboxylic acids is 1. The monoisotopic (exact) mass is 284 g/mol. The maximum Gasteiger partial charge on any atom is 0.337 e. The molecule has 1 N–H and O–H groups in total. The number of halogens is 1. The molecule has 0 aliphatic carbocycles. The molecule has 1 aliphatic heterocycles. The van der Waals surface area contributed by atoms with Crippen LogP contribution < -0.4 is 4.90 Å². The molecule has 2 heterocycles. The Morgan fingerprint density at radius 2 is 2.44 bits per heavy atom. The molecule has 0 spiro atoms. The predicted molar refractivity (Wildman–Crippen MR) is 64.9 cm³/mol. The van der Waals surface area contributed by atoms with Crippen molar-refractivity contribution in [2.24, 2.45) is 5.92 Å². The van der Waals surface area contributed by atoms with Crippen LogP contribution in [-0.2, 0) is 0 Å². The molecular formula is C11H13BrN2O2. The average Bonchev–Trinajstić information content (AvgIpc) is 2.64. The lowest BCUT2D eigenvalue weighted by Gasteiger charge is -2.18. The van der Waals surface area contributed by atoms with Crippen molar-refractivity contribution in [3.63, 3.8) is 0 Å². The lowest BCUT2D eigenvalue weighted by atomic mass is 10.2. The summed E-state index contributed by atoms with van der Waals surface area (Å²) in [7, 11) is 0. The second-order valence-electron chi connectivity index (χ2n) is 4.17. The number of aromatic nitrogens is 1. The van der Waals surface area contributed by atoms with Gasteiger partial charge in [-0.1, -0.05) is 6.92 Å². The number of carboxylic acid groups (broad SMARTS) is 1. The highest BCUT2D eigenvalue weighted by Gasteiger charge is 2.22. The van der Waals surface area contributed by atoms with E-state index in [0.717, 1.165) is 29.8 Å². The van der Waals surface area contributed by atoms with Crippen LogP contribution in [0.2, 0.25) is 0 Å². The molecule has 0 amide bonds. The first-order chi connectivity index (χ1) is 7.58. The van der Waals surface area contributed by atoms with E-state index in [4.69, 9.17) is 5.11 Å². The predicted octanol–water partition coefficient (Wildman–Crippen LogP) is 2.39. The molecule has 4 nitrogen and oxygen atoms in total. The zero-order valence-electron chi connectivity index (χ0n) is 8.98. The number of pyridine rings is 1. The van der Waals surface area contributed by atoms with Crippen molar-refractivity contribution >= 4 is 27.7 Å². The Bertz CT molecular complexity index is 422. The summed E-state index contributed by atoms with van der Waals surface area (Å²) in [6.07, 6.45) is 2.57. The van der Waals surface area contributed by atoms with Gasteiger partial charge in [0.2, 0.25) is 0 Å². The minimum atomic E-state index is -0.950. The first-order valence-corrected chi connectivity index (χ1v) is 6.01. The second-order valence-corrected chi connectivity index (χ2v) is 5.03. The Morgan fingerprint density at radius 3 is 2.94 bits per heavy atom. The van der Waals surface area contributed by atoms with Crippen molar-refractivity contribution in [3.8, 4) is 0 Å². The van der Waals surface area contributed by atoms with Crippen LogP contribution >= 0.6 is 15.9 Å². The van der Waals surface area contributed by atoms with Crippen molar-refractivity contribution in [3.05, 3.63) is 22.3 Å². The lowest BCUT2D eigenvalue weighted by molar-refractivity contribution is 0.0696. The molecular weight excluding hydrogens is 272 g/mol. The van der Waals surface area contributed by atoms with E-state index in [1.807, 2.05) is 0 Å². The number of rotatable bonds is 2. The van der Waals surface area contributed by atoms with E-state index in [0.29, 0.717) is 5.92 Å². The number of aromatic carboxylic acids is 1. The van der Waals surface area contributed by atoms with Gasteiger partial charge in [-0.05, 0) is 34.3 Å². The van der Waals surface area contributed by atoms with Crippen LogP contribution in [0.3, 0.4) is 0 Å². The Hall–Kier alpha value is -1.10. The minimum absolute atomic E-state index is 0.211. The van der Waals surface area contributed by atoms with Crippen molar-refractivity contribution in [2.75, 3.05) is 18.0 Å². The normalized spacial score (nSPS) is 20.1. The molecule has 0 aromatic carbocycles. The Morgan fingerprint density at radius 1 is 1.69 bits per heavy atom. The molecule has 16 heavy (non-hydrogen) atoms. The first kappa shape index (κ1) is 11.4. The smallest absolute Gasteiger partial charge is 0.337 e. The fourth-order valence-corrected chi connectivity index (χ4v) is 2.51. The quantitative estimate of drug-likeness (QED) is 0.906. The third kappa shape index (κ3) is 2.19.